The van der Waals surface area contributed by atoms with E-state index in [1.54, 1.807) is 24.3 Å². The van der Waals surface area contributed by atoms with Crippen LogP contribution in [0.2, 0.25) is 0 Å². The Morgan fingerprint density at radius 2 is 1.50 bits per heavy atom. The first kappa shape index (κ1) is 28.8. The van der Waals surface area contributed by atoms with Gasteiger partial charge in [0, 0.05) is 6.54 Å². The van der Waals surface area contributed by atoms with Gasteiger partial charge in [-0.15, -0.1) is 0 Å². The van der Waals surface area contributed by atoms with E-state index in [9.17, 15) is 18.0 Å². The molecule has 4 rings (SSSR count). The molecule has 1 unspecified atom stereocenters. The molecule has 0 aliphatic heterocycles. The third-order valence-corrected chi connectivity index (χ3v) is 8.03. The van der Waals surface area contributed by atoms with E-state index in [1.807, 2.05) is 67.6 Å². The first-order valence-corrected chi connectivity index (χ1v) is 14.9. The molecule has 0 heterocycles. The predicted octanol–water partition coefficient (Wildman–Crippen LogP) is 5.49. The fraction of sp³-hybridized carbons (Fsp3) is 0.250. The molecule has 8 heteroatoms. The standard InChI is InChI=1S/C32H34N2O5S/c1-24-15-19-29(20-16-24)40(37,38)34-32(36)30(27-18-17-25-10-7-8-11-26(25)22-27)14-6-3-9-21-33-31(35)23-39-28-12-4-2-5-13-28/h2,4-5,7-8,10-13,15-20,22,30H,3,6,9,14,21,23H2,1H3,(H,33,35)(H,34,36). The van der Waals surface area contributed by atoms with Crippen LogP contribution in [0.3, 0.4) is 0 Å². The van der Waals surface area contributed by atoms with E-state index in [4.69, 9.17) is 4.74 Å². The van der Waals surface area contributed by atoms with E-state index in [0.717, 1.165) is 34.7 Å². The average Bonchev–Trinajstić information content (AvgIpc) is 2.96. The summed E-state index contributed by atoms with van der Waals surface area (Å²) in [4.78, 5) is 25.5. The molecule has 208 valence electrons. The summed E-state index contributed by atoms with van der Waals surface area (Å²) in [5.41, 5.74) is 1.70. The van der Waals surface area contributed by atoms with Crippen LogP contribution in [0.15, 0.2) is 102 Å². The fourth-order valence-electron chi connectivity index (χ4n) is 4.45. The summed E-state index contributed by atoms with van der Waals surface area (Å²) in [6, 6.07) is 29.2. The van der Waals surface area contributed by atoms with Crippen molar-refractivity contribution in [3.05, 3.63) is 108 Å². The van der Waals surface area contributed by atoms with Gasteiger partial charge in [0.2, 0.25) is 5.91 Å². The second-order valence-corrected chi connectivity index (χ2v) is 11.4. The third kappa shape index (κ3) is 8.16. The van der Waals surface area contributed by atoms with Crippen molar-refractivity contribution in [3.8, 4) is 5.75 Å². The highest BCUT2D eigenvalue weighted by molar-refractivity contribution is 7.90. The van der Waals surface area contributed by atoms with Gasteiger partial charge in [0.15, 0.2) is 6.61 Å². The number of ether oxygens (including phenoxy) is 1. The number of carbonyl (C=O) groups is 2. The maximum Gasteiger partial charge on any atom is 0.264 e. The second kappa shape index (κ2) is 13.8. The lowest BCUT2D eigenvalue weighted by atomic mass is 9.91. The van der Waals surface area contributed by atoms with Gasteiger partial charge in [-0.25, -0.2) is 13.1 Å². The van der Waals surface area contributed by atoms with E-state index >= 15 is 0 Å². The lowest BCUT2D eigenvalue weighted by Crippen LogP contribution is -2.34. The summed E-state index contributed by atoms with van der Waals surface area (Å²) in [5, 5.41) is 4.88. The summed E-state index contributed by atoms with van der Waals surface area (Å²) in [6.45, 7) is 2.31. The summed E-state index contributed by atoms with van der Waals surface area (Å²) in [7, 11) is -4.01. The van der Waals surface area contributed by atoms with E-state index in [-0.39, 0.29) is 17.4 Å². The Balaban J connectivity index is 1.34. The largest absolute Gasteiger partial charge is 0.484 e. The zero-order valence-electron chi connectivity index (χ0n) is 22.5. The van der Waals surface area contributed by atoms with Crippen LogP contribution in [0.25, 0.3) is 10.8 Å². The molecule has 4 aromatic rings. The maximum atomic E-state index is 13.4. The molecular weight excluding hydrogens is 524 g/mol. The van der Waals surface area contributed by atoms with Crippen LogP contribution in [0.5, 0.6) is 5.75 Å². The zero-order chi connectivity index (χ0) is 28.4. The quantitative estimate of drug-likeness (QED) is 0.211. The number of fused-ring (bicyclic) bond motifs is 1. The topological polar surface area (TPSA) is 102 Å². The van der Waals surface area contributed by atoms with Gasteiger partial charge >= 0.3 is 0 Å². The van der Waals surface area contributed by atoms with Gasteiger partial charge in [0.1, 0.15) is 5.75 Å². The lowest BCUT2D eigenvalue weighted by Gasteiger charge is -2.18. The van der Waals surface area contributed by atoms with Crippen LogP contribution in [0.4, 0.5) is 0 Å². The number of aryl methyl sites for hydroxylation is 1. The van der Waals surface area contributed by atoms with Crippen molar-refractivity contribution in [2.24, 2.45) is 0 Å². The molecule has 7 nitrogen and oxygen atoms in total. The Labute approximate surface area is 235 Å². The molecule has 2 amide bonds. The van der Waals surface area contributed by atoms with Crippen LogP contribution in [-0.4, -0.2) is 33.4 Å². The van der Waals surface area contributed by atoms with Crippen LogP contribution >= 0.6 is 0 Å². The number of unbranched alkanes of at least 4 members (excludes halogenated alkanes) is 2. The molecule has 0 aliphatic carbocycles. The highest BCUT2D eigenvalue weighted by atomic mass is 32.2. The van der Waals surface area contributed by atoms with Gasteiger partial charge < -0.3 is 10.1 Å². The molecule has 4 aromatic carbocycles. The first-order chi connectivity index (χ1) is 19.3. The maximum absolute atomic E-state index is 13.4. The Morgan fingerprint density at radius 1 is 0.800 bits per heavy atom. The van der Waals surface area contributed by atoms with Crippen molar-refractivity contribution in [2.45, 2.75) is 43.4 Å². The monoisotopic (exact) mass is 558 g/mol. The molecule has 0 bridgehead atoms. The van der Waals surface area contributed by atoms with Gasteiger partial charge in [0.05, 0.1) is 10.8 Å². The smallest absolute Gasteiger partial charge is 0.264 e. The fourth-order valence-corrected chi connectivity index (χ4v) is 5.47. The molecule has 0 saturated heterocycles. The van der Waals surface area contributed by atoms with Crippen LogP contribution in [-0.2, 0) is 19.6 Å². The number of benzene rings is 4. The Hall–Kier alpha value is -4.17. The number of hydrogen-bond donors (Lipinski definition) is 2. The van der Waals surface area contributed by atoms with Gasteiger partial charge in [-0.05, 0) is 60.4 Å². The van der Waals surface area contributed by atoms with E-state index in [0.29, 0.717) is 25.1 Å². The molecule has 0 aromatic heterocycles. The van der Waals surface area contributed by atoms with Crippen LogP contribution < -0.4 is 14.8 Å². The Kier molecular flexibility index (Phi) is 9.91. The van der Waals surface area contributed by atoms with Crippen molar-refractivity contribution in [1.82, 2.24) is 10.0 Å². The normalized spacial score (nSPS) is 12.0. The average molecular weight is 559 g/mol. The van der Waals surface area contributed by atoms with E-state index in [2.05, 4.69) is 10.0 Å². The number of amides is 2. The number of nitrogens with one attached hydrogen (secondary N) is 2. The van der Waals surface area contributed by atoms with Gasteiger partial charge in [-0.2, -0.15) is 0 Å². The SMILES string of the molecule is Cc1ccc(S(=O)(=O)NC(=O)C(CCCCCNC(=O)COc2ccccc2)c2ccc3ccccc3c2)cc1. The Morgan fingerprint density at radius 3 is 2.25 bits per heavy atom. The lowest BCUT2D eigenvalue weighted by molar-refractivity contribution is -0.123. The number of para-hydroxylation sites is 1. The zero-order valence-corrected chi connectivity index (χ0v) is 23.3. The van der Waals surface area contributed by atoms with Crippen LogP contribution in [0.1, 0.15) is 42.7 Å². The highest BCUT2D eigenvalue weighted by Gasteiger charge is 2.26. The molecule has 0 saturated carbocycles. The highest BCUT2D eigenvalue weighted by Crippen LogP contribution is 2.27. The molecule has 40 heavy (non-hydrogen) atoms. The summed E-state index contributed by atoms with van der Waals surface area (Å²) < 4.78 is 33.6. The summed E-state index contributed by atoms with van der Waals surface area (Å²) in [6.07, 6.45) is 2.65. The minimum Gasteiger partial charge on any atom is -0.484 e. The molecule has 0 radical (unpaired) electrons. The van der Waals surface area contributed by atoms with Crippen molar-refractivity contribution in [1.29, 1.82) is 0 Å². The minimum absolute atomic E-state index is 0.0516. The van der Waals surface area contributed by atoms with Gasteiger partial charge in [0.25, 0.3) is 15.9 Å². The number of rotatable bonds is 13. The van der Waals surface area contributed by atoms with Crippen LogP contribution in [0, 0.1) is 6.92 Å². The third-order valence-electron chi connectivity index (χ3n) is 6.66. The molecule has 1 atom stereocenters. The molecule has 0 spiro atoms. The molecule has 0 fully saturated rings. The van der Waals surface area contributed by atoms with Crippen molar-refractivity contribution in [2.75, 3.05) is 13.2 Å². The number of sulfonamides is 1. The van der Waals surface area contributed by atoms with E-state index < -0.39 is 21.8 Å². The second-order valence-electron chi connectivity index (χ2n) is 9.74. The van der Waals surface area contributed by atoms with E-state index in [1.165, 1.54) is 12.1 Å². The molecule has 2 N–H and O–H groups in total. The minimum atomic E-state index is -4.01. The van der Waals surface area contributed by atoms with Crippen molar-refractivity contribution >= 4 is 32.6 Å². The predicted molar refractivity (Wildman–Crippen MR) is 157 cm³/mol. The molecular formula is C32H34N2O5S. The van der Waals surface area contributed by atoms with Gasteiger partial charge in [-0.3, -0.25) is 9.59 Å². The number of carbonyl (C=O) groups excluding carboxylic acids is 2. The van der Waals surface area contributed by atoms with Crippen molar-refractivity contribution < 1.29 is 22.7 Å². The Bertz CT molecular complexity index is 1540. The first-order valence-electron chi connectivity index (χ1n) is 13.4. The van der Waals surface area contributed by atoms with Crippen molar-refractivity contribution in [3.63, 3.8) is 0 Å². The molecule has 0 aliphatic rings. The summed E-state index contributed by atoms with van der Waals surface area (Å²) >= 11 is 0. The van der Waals surface area contributed by atoms with Gasteiger partial charge in [-0.1, -0.05) is 91.2 Å². The summed E-state index contributed by atoms with van der Waals surface area (Å²) in [5.74, 6) is -0.750. The number of hydrogen-bond acceptors (Lipinski definition) is 5.